The molecule has 6 nitrogen and oxygen atoms in total. The molecule has 0 saturated carbocycles. The molecule has 8 heteroatoms. The number of nitrogens with zero attached hydrogens (tertiary/aromatic N) is 1. The third kappa shape index (κ3) is 6.65. The molecule has 1 heterocycles. The SMILES string of the molecule is COCC(C)NC(=O)Cn1c(=O)/c(=C/c2ccc(Cl)cc2)s/c1=C\C(=O)C(C)(C)C. The molecule has 1 N–H and O–H groups in total. The second-order valence-electron chi connectivity index (χ2n) is 8.07. The zero-order valence-electron chi connectivity index (χ0n) is 17.8. The summed E-state index contributed by atoms with van der Waals surface area (Å²) in [5.41, 5.74) is -0.116. The molecule has 162 valence electrons. The van der Waals surface area contributed by atoms with E-state index in [1.807, 2.05) is 27.7 Å². The van der Waals surface area contributed by atoms with Crippen LogP contribution >= 0.6 is 22.9 Å². The van der Waals surface area contributed by atoms with Gasteiger partial charge in [0.25, 0.3) is 5.56 Å². The molecule has 1 atom stereocenters. The molecule has 1 aromatic carbocycles. The zero-order valence-corrected chi connectivity index (χ0v) is 19.4. The number of hydrogen-bond donors (Lipinski definition) is 1. The minimum atomic E-state index is -0.597. The van der Waals surface area contributed by atoms with Gasteiger partial charge in [0.2, 0.25) is 5.91 Å². The fraction of sp³-hybridized carbons (Fsp3) is 0.409. The number of hydrogen-bond acceptors (Lipinski definition) is 5. The lowest BCUT2D eigenvalue weighted by atomic mass is 9.91. The van der Waals surface area contributed by atoms with E-state index in [1.165, 1.54) is 22.0 Å². The monoisotopic (exact) mass is 450 g/mol. The molecule has 0 radical (unpaired) electrons. The van der Waals surface area contributed by atoms with E-state index in [9.17, 15) is 14.4 Å². The number of halogens is 1. The summed E-state index contributed by atoms with van der Waals surface area (Å²) in [5.74, 6) is -0.445. The Morgan fingerprint density at radius 2 is 1.90 bits per heavy atom. The first kappa shape index (κ1) is 24.1. The fourth-order valence-corrected chi connectivity index (χ4v) is 3.76. The van der Waals surface area contributed by atoms with Crippen LogP contribution < -0.4 is 20.1 Å². The molecule has 0 aliphatic carbocycles. The molecule has 0 fully saturated rings. The highest BCUT2D eigenvalue weighted by Gasteiger charge is 2.20. The quantitative estimate of drug-likeness (QED) is 0.699. The van der Waals surface area contributed by atoms with Crippen molar-refractivity contribution in [3.05, 3.63) is 54.4 Å². The van der Waals surface area contributed by atoms with Crippen LogP contribution in [0.5, 0.6) is 0 Å². The van der Waals surface area contributed by atoms with Gasteiger partial charge < -0.3 is 10.1 Å². The highest BCUT2D eigenvalue weighted by atomic mass is 35.5. The van der Waals surface area contributed by atoms with Crippen molar-refractivity contribution in [2.45, 2.75) is 40.3 Å². The normalized spacial score (nSPS) is 14.1. The van der Waals surface area contributed by atoms with Gasteiger partial charge in [-0.3, -0.25) is 19.0 Å². The van der Waals surface area contributed by atoms with Gasteiger partial charge in [-0.1, -0.05) is 44.5 Å². The van der Waals surface area contributed by atoms with Crippen LogP contribution in [0.2, 0.25) is 5.02 Å². The molecule has 0 bridgehead atoms. The van der Waals surface area contributed by atoms with Crippen LogP contribution in [0, 0.1) is 5.41 Å². The van der Waals surface area contributed by atoms with Gasteiger partial charge >= 0.3 is 0 Å². The van der Waals surface area contributed by atoms with Gasteiger partial charge in [0.1, 0.15) is 11.2 Å². The van der Waals surface area contributed by atoms with Crippen molar-refractivity contribution in [1.29, 1.82) is 0 Å². The molecule has 2 rings (SSSR count). The Bertz CT molecular complexity index is 1080. The second-order valence-corrected chi connectivity index (χ2v) is 9.57. The van der Waals surface area contributed by atoms with E-state index in [2.05, 4.69) is 5.32 Å². The number of nitrogens with one attached hydrogen (secondary N) is 1. The topological polar surface area (TPSA) is 77.4 Å². The number of rotatable bonds is 7. The van der Waals surface area contributed by atoms with Crippen molar-refractivity contribution in [2.24, 2.45) is 5.41 Å². The molecule has 0 aliphatic heterocycles. The summed E-state index contributed by atoms with van der Waals surface area (Å²) in [5, 5.41) is 3.39. The number of methoxy groups -OCH3 is 1. The van der Waals surface area contributed by atoms with Gasteiger partial charge in [-0.2, -0.15) is 0 Å². The van der Waals surface area contributed by atoms with Crippen LogP contribution in [-0.4, -0.2) is 36.0 Å². The van der Waals surface area contributed by atoms with Gasteiger partial charge in [0, 0.05) is 29.7 Å². The first-order valence-electron chi connectivity index (χ1n) is 9.52. The van der Waals surface area contributed by atoms with Gasteiger partial charge in [-0.25, -0.2) is 0 Å². The van der Waals surface area contributed by atoms with Crippen molar-refractivity contribution in [3.63, 3.8) is 0 Å². The third-order valence-electron chi connectivity index (χ3n) is 4.22. The summed E-state index contributed by atoms with van der Waals surface area (Å²) in [6.07, 6.45) is 3.17. The fourth-order valence-electron chi connectivity index (χ4n) is 2.59. The van der Waals surface area contributed by atoms with Crippen LogP contribution in [0.1, 0.15) is 33.3 Å². The van der Waals surface area contributed by atoms with Crippen LogP contribution in [0.25, 0.3) is 12.2 Å². The largest absolute Gasteiger partial charge is 0.383 e. The van der Waals surface area contributed by atoms with E-state index in [1.54, 1.807) is 37.5 Å². The van der Waals surface area contributed by atoms with E-state index < -0.39 is 5.41 Å². The molecule has 0 aliphatic rings. The van der Waals surface area contributed by atoms with E-state index in [0.29, 0.717) is 20.8 Å². The van der Waals surface area contributed by atoms with E-state index in [-0.39, 0.29) is 29.8 Å². The maximum atomic E-state index is 13.0. The highest BCUT2D eigenvalue weighted by Crippen LogP contribution is 2.15. The molecule has 30 heavy (non-hydrogen) atoms. The van der Waals surface area contributed by atoms with Crippen molar-refractivity contribution < 1.29 is 14.3 Å². The number of carbonyl (C=O) groups is 2. The predicted molar refractivity (Wildman–Crippen MR) is 121 cm³/mol. The highest BCUT2D eigenvalue weighted by molar-refractivity contribution is 7.07. The number of carbonyl (C=O) groups excluding carboxylic acids is 2. The van der Waals surface area contributed by atoms with E-state index in [4.69, 9.17) is 16.3 Å². The minimum absolute atomic E-state index is 0.122. The lowest BCUT2D eigenvalue weighted by molar-refractivity contribution is -0.123. The van der Waals surface area contributed by atoms with Gasteiger partial charge in [-0.15, -0.1) is 11.3 Å². The smallest absolute Gasteiger partial charge is 0.269 e. The number of aromatic nitrogens is 1. The van der Waals surface area contributed by atoms with Crippen molar-refractivity contribution in [2.75, 3.05) is 13.7 Å². The first-order valence-corrected chi connectivity index (χ1v) is 10.7. The Morgan fingerprint density at radius 3 is 2.47 bits per heavy atom. The summed E-state index contributed by atoms with van der Waals surface area (Å²) >= 11 is 7.11. The Labute approximate surface area is 184 Å². The molecule has 1 amide bonds. The van der Waals surface area contributed by atoms with Crippen molar-refractivity contribution >= 4 is 46.8 Å². The van der Waals surface area contributed by atoms with Crippen molar-refractivity contribution in [3.8, 4) is 0 Å². The van der Waals surface area contributed by atoms with E-state index in [0.717, 1.165) is 5.56 Å². The standard InChI is InChI=1S/C22H27ClN2O4S/c1-14(13-29-5)24-19(27)12-25-20(11-18(26)22(2,3)4)30-17(21(25)28)10-15-6-8-16(23)9-7-15/h6-11,14H,12-13H2,1-5H3,(H,24,27)/b17-10-,20-11-. The summed E-state index contributed by atoms with van der Waals surface area (Å²) < 4.78 is 7.24. The first-order chi connectivity index (χ1) is 14.0. The number of thiazole rings is 1. The van der Waals surface area contributed by atoms with Crippen LogP contribution in [-0.2, 0) is 20.9 Å². The summed E-state index contributed by atoms with van der Waals surface area (Å²) in [6.45, 7) is 7.42. The Morgan fingerprint density at radius 1 is 1.27 bits per heavy atom. The van der Waals surface area contributed by atoms with Crippen LogP contribution in [0.4, 0.5) is 0 Å². The van der Waals surface area contributed by atoms with Gasteiger partial charge in [0.05, 0.1) is 11.1 Å². The van der Waals surface area contributed by atoms with Crippen LogP contribution in [0.3, 0.4) is 0 Å². The summed E-state index contributed by atoms with van der Waals surface area (Å²) in [7, 11) is 1.55. The number of Topliss-reactive ketones (excluding diaryl/α,β-unsaturated/α-hetero) is 1. The molecule has 1 aromatic heterocycles. The zero-order chi connectivity index (χ0) is 22.5. The Hall–Kier alpha value is -2.22. The molecular weight excluding hydrogens is 424 g/mol. The molecule has 0 spiro atoms. The minimum Gasteiger partial charge on any atom is -0.383 e. The maximum absolute atomic E-state index is 13.0. The summed E-state index contributed by atoms with van der Waals surface area (Å²) in [4.78, 5) is 38.0. The average molecular weight is 451 g/mol. The third-order valence-corrected chi connectivity index (χ3v) is 5.54. The van der Waals surface area contributed by atoms with Gasteiger partial charge in [-0.05, 0) is 30.7 Å². The van der Waals surface area contributed by atoms with E-state index >= 15 is 0 Å². The number of ketones is 1. The number of amides is 1. The summed E-state index contributed by atoms with van der Waals surface area (Å²) in [6, 6.07) is 6.88. The lowest BCUT2D eigenvalue weighted by Crippen LogP contribution is -2.42. The molecule has 0 saturated heterocycles. The van der Waals surface area contributed by atoms with Crippen LogP contribution in [0.15, 0.2) is 29.1 Å². The maximum Gasteiger partial charge on any atom is 0.269 e. The average Bonchev–Trinajstić information content (AvgIpc) is 2.91. The predicted octanol–water partition coefficient (Wildman–Crippen LogP) is 1.94. The second kappa shape index (κ2) is 10.2. The number of benzene rings is 1. The Kier molecular flexibility index (Phi) is 8.18. The number of ether oxygens (including phenoxy) is 1. The molecule has 2 aromatic rings. The lowest BCUT2D eigenvalue weighted by Gasteiger charge is -2.14. The Balaban J connectivity index is 2.52. The molecule has 1 unspecified atom stereocenters. The molecular formula is C22H27ClN2O4S. The van der Waals surface area contributed by atoms with Gasteiger partial charge in [0.15, 0.2) is 5.78 Å². The van der Waals surface area contributed by atoms with Crippen molar-refractivity contribution in [1.82, 2.24) is 9.88 Å².